The molecule has 0 aliphatic rings. The number of nitrogens with two attached hydrogens (primary N) is 2. The predicted octanol–water partition coefficient (Wildman–Crippen LogP) is 9.47. The summed E-state index contributed by atoms with van der Waals surface area (Å²) >= 11 is 0. The van der Waals surface area contributed by atoms with Crippen LogP contribution in [0.3, 0.4) is 0 Å². The van der Waals surface area contributed by atoms with Gasteiger partial charge in [0.2, 0.25) is 0 Å². The maximum Gasteiger partial charge on any atom is 0 e. The van der Waals surface area contributed by atoms with Crippen molar-refractivity contribution < 1.29 is 0 Å². The van der Waals surface area contributed by atoms with Crippen LogP contribution in [-0.4, -0.2) is 0 Å². The summed E-state index contributed by atoms with van der Waals surface area (Å²) in [7, 11) is 0. The Morgan fingerprint density at radius 1 is 0.0833 bits per heavy atom. The van der Waals surface area contributed by atoms with E-state index >= 15 is 0 Å². The molecular formula is H4N60. The molecule has 0 saturated carbocycles. The molecule has 0 fully saturated rings. The molecule has 0 spiro atoms. The van der Waals surface area contributed by atoms with E-state index < -0.39 is 0 Å². The molecule has 0 aromatic heterocycles. The van der Waals surface area contributed by atoms with Crippen LogP contribution in [0.5, 0.6) is 0 Å². The molecule has 0 bridgehead atoms. The SMILES string of the molecule is N/N=N/N=N/N=N/N=N/N=N/N=N/N=N/N=N/N=N/N=N/N=N/N=N/N=N/N=N/N=N/N=N/N=N/N=N/N=N/N=N/N=N/N=N/N=N/N=N/N=N/N=N/N=N/N=N/N=N/N. The first-order valence-electron chi connectivity index (χ1n) is 11.9. The quantitative estimate of drug-likeness (QED) is 0.0441. The Morgan fingerprint density at radius 2 is 0.133 bits per heavy atom. The standard InChI is InChI=1S/H4N60/c1-3-5-7-9-11-13-15-17-19-21-23-25-27-29-31-33-35-37-39-41-43-45-47-49-51-53-55-57-59-60-58-56-54-52-50-48-46-44-42-40-38-36-34-32-30-28-26-24-22-20-18-16-14-12-10-8-6-4-2/h(H2,1,4,5,8,9,12,13,16,17,20,21,24,25,28,29,32,33,36,37,40,41,44,45,48,49,52,53,56,57,60)(H2,2,3,6,7,10,11,14,15,18,19,22,23,26,27,30,31,34,35,38,39,42,43,46,47,50,51,54,55,58,59). The second-order valence-electron chi connectivity index (χ2n) is 5.24. The molecule has 0 atom stereocenters. The van der Waals surface area contributed by atoms with E-state index in [0.717, 1.165) is 0 Å². The van der Waals surface area contributed by atoms with E-state index in [2.05, 4.69) is 315 Å². The Balaban J connectivity index is 4.07. The molecule has 0 unspecified atom stereocenters. The number of hydrogen-bond donors (Lipinski definition) is 2. The third-order valence-corrected chi connectivity index (χ3v) is 2.30. The maximum atomic E-state index is 4.63. The third-order valence-electron chi connectivity index (χ3n) is 2.30. The molecule has 0 aromatic carbocycles. The van der Waals surface area contributed by atoms with Crippen molar-refractivity contribution in [2.24, 2.45) is 315 Å². The predicted molar refractivity (Wildman–Crippen MR) is 149 cm³/mol. The van der Waals surface area contributed by atoms with Crippen molar-refractivity contribution in [3.05, 3.63) is 0 Å². The monoisotopic (exact) mass is 844 g/mol. The van der Waals surface area contributed by atoms with Crippen LogP contribution in [0.25, 0.3) is 0 Å². The fraction of sp³-hybridized carbons (Fsp3) is 0. The Hall–Kier alpha value is -12.0. The first-order chi connectivity index (χ1) is 29.9. The van der Waals surface area contributed by atoms with Gasteiger partial charge in [-0.15, -0.1) is 0 Å². The Kier molecular flexibility index (Phi) is 37.6. The van der Waals surface area contributed by atoms with Crippen LogP contribution in [0.1, 0.15) is 0 Å². The van der Waals surface area contributed by atoms with Crippen LogP contribution in [0, 0.1) is 0 Å². The minimum Gasteiger partial charge on any atom is -0.303 e. The van der Waals surface area contributed by atoms with Gasteiger partial charge < -0.3 is 11.7 Å². The summed E-state index contributed by atoms with van der Waals surface area (Å²) in [5.41, 5.74) is 0. The van der Waals surface area contributed by atoms with Crippen molar-refractivity contribution in [2.45, 2.75) is 0 Å². The topological polar surface area (TPSA) is 769 Å². The normalized spacial score (nSPS) is 15.5. The fourth-order valence-electron chi connectivity index (χ4n) is 1.01. The average molecular weight is 844 g/mol. The highest BCUT2D eigenvalue weighted by Gasteiger charge is 1.76. The van der Waals surface area contributed by atoms with Crippen molar-refractivity contribution >= 4 is 0 Å². The molecule has 0 rings (SSSR count). The van der Waals surface area contributed by atoms with Gasteiger partial charge in [-0.1, -0.05) is 10.4 Å². The second kappa shape index (κ2) is 47.0. The van der Waals surface area contributed by atoms with Crippen LogP contribution in [-0.2, 0) is 0 Å². The lowest BCUT2D eigenvalue weighted by Crippen LogP contribution is -1.70. The van der Waals surface area contributed by atoms with Gasteiger partial charge in [0.15, 0.2) is 0 Å². The zero-order valence-electron chi connectivity index (χ0n) is 27.1. The summed E-state index contributed by atoms with van der Waals surface area (Å²) in [5, 5.41) is 173. The molecule has 0 aliphatic heterocycles. The molecule has 60 heavy (non-hydrogen) atoms. The lowest BCUT2D eigenvalue weighted by atomic mass is 12.3. The molecule has 60 heteroatoms. The van der Waals surface area contributed by atoms with Crippen molar-refractivity contribution in [3.8, 4) is 0 Å². The molecule has 4 N–H and O–H groups in total. The van der Waals surface area contributed by atoms with Crippen molar-refractivity contribution in [3.63, 3.8) is 0 Å². The second-order valence-corrected chi connectivity index (χ2v) is 5.24. The summed E-state index contributed by atoms with van der Waals surface area (Å²) < 4.78 is 0. The lowest BCUT2D eigenvalue weighted by molar-refractivity contribution is 0.724. The van der Waals surface area contributed by atoms with Gasteiger partial charge >= 0.3 is 0 Å². The van der Waals surface area contributed by atoms with Gasteiger partial charge in [-0.25, -0.2) is 0 Å². The smallest absolute Gasteiger partial charge is 0 e. The number of nitrogens with zero attached hydrogens (tertiary/aromatic N) is 58. The van der Waals surface area contributed by atoms with E-state index in [1.165, 1.54) is 0 Å². The molecule has 60 nitrogen and oxygen atoms in total. The summed E-state index contributed by atoms with van der Waals surface area (Å²) in [4.78, 5) is 0. The van der Waals surface area contributed by atoms with Crippen molar-refractivity contribution in [1.82, 2.24) is 0 Å². The van der Waals surface area contributed by atoms with Gasteiger partial charge in [0.25, 0.3) is 0 Å². The van der Waals surface area contributed by atoms with E-state index in [1.54, 1.807) is 0 Å². The summed E-state index contributed by atoms with van der Waals surface area (Å²) in [5.74, 6) is 9.26. The molecule has 0 aromatic rings. The van der Waals surface area contributed by atoms with Gasteiger partial charge in [-0.3, -0.25) is 0 Å². The molecule has 304 valence electrons. The molecule has 0 amide bonds. The summed E-state index contributed by atoms with van der Waals surface area (Å²) in [6.45, 7) is 0. The zero-order chi connectivity index (χ0) is 43.0. The zero-order valence-corrected chi connectivity index (χ0v) is 27.1. The Morgan fingerprint density at radius 3 is 0.183 bits per heavy atom. The number of hydrogen-bond acceptors (Lipinski definition) is 2. The van der Waals surface area contributed by atoms with E-state index in [9.17, 15) is 0 Å². The summed E-state index contributed by atoms with van der Waals surface area (Å²) in [6, 6.07) is 0. The highest BCUT2D eigenvalue weighted by Crippen LogP contribution is 1.94. The van der Waals surface area contributed by atoms with Crippen LogP contribution in [0.4, 0.5) is 0 Å². The van der Waals surface area contributed by atoms with Gasteiger partial charge in [0.1, 0.15) is 0 Å². The highest BCUT2D eigenvalue weighted by molar-refractivity contribution is 4.18. The number of rotatable bonds is 28. The van der Waals surface area contributed by atoms with Crippen LogP contribution in [0.15, 0.2) is 303 Å². The van der Waals surface area contributed by atoms with E-state index in [4.69, 9.17) is 0 Å². The fourth-order valence-corrected chi connectivity index (χ4v) is 1.01. The van der Waals surface area contributed by atoms with Crippen molar-refractivity contribution in [2.75, 3.05) is 0 Å². The average Bonchev–Trinajstić information content (AvgIpc) is 3.26. The molecule has 0 aliphatic carbocycles. The van der Waals surface area contributed by atoms with E-state index in [-0.39, 0.29) is 0 Å². The molecule has 0 saturated heterocycles. The van der Waals surface area contributed by atoms with Crippen LogP contribution in [0.2, 0.25) is 0 Å². The largest absolute Gasteiger partial charge is 0.303 e. The molecule has 0 radical (unpaired) electrons. The van der Waals surface area contributed by atoms with Gasteiger partial charge in [0, 0.05) is 219 Å². The Bertz CT molecular complexity index is 1820. The minimum absolute atomic E-state index is 2.75. The first-order valence-corrected chi connectivity index (χ1v) is 11.9. The lowest BCUT2D eigenvalue weighted by Gasteiger charge is -1.70. The summed E-state index contributed by atoms with van der Waals surface area (Å²) in [6.07, 6.45) is 0. The van der Waals surface area contributed by atoms with Crippen molar-refractivity contribution in [1.29, 1.82) is 0 Å². The van der Waals surface area contributed by atoms with Gasteiger partial charge in [-0.2, -0.15) is 0 Å². The molecule has 0 heterocycles. The Labute approximate surface area is 315 Å². The van der Waals surface area contributed by atoms with E-state index in [1.807, 2.05) is 0 Å². The minimum atomic E-state index is 2.75. The highest BCUT2D eigenvalue weighted by atomic mass is 15.8. The van der Waals surface area contributed by atoms with Crippen LogP contribution >= 0.6 is 0 Å². The first kappa shape index (κ1) is 48.0. The molecular weight excluding hydrogens is 840 g/mol. The van der Waals surface area contributed by atoms with Gasteiger partial charge in [0.05, 0.1) is 0 Å². The van der Waals surface area contributed by atoms with Crippen LogP contribution < -0.4 is 11.7 Å². The van der Waals surface area contributed by atoms with E-state index in [0.29, 0.717) is 0 Å². The van der Waals surface area contributed by atoms with Gasteiger partial charge in [-0.05, 0) is 73.1 Å². The maximum absolute atomic E-state index is 4.63. The third kappa shape index (κ3) is 46.0.